The molecule has 0 heterocycles. The van der Waals surface area contributed by atoms with Gasteiger partial charge in [-0.1, -0.05) is 32.8 Å². The van der Waals surface area contributed by atoms with Crippen LogP contribution in [0.25, 0.3) is 0 Å². The SMILES string of the molecule is C=C[C@H]1CC[C@]2(O)[C@@H]3CC[C@@H]4CCCC[C@]4(C)[C@H]3CC[C@]12C. The fourth-order valence-corrected chi connectivity index (χ4v) is 7.68. The molecule has 1 nitrogen and oxygen atoms in total. The predicted molar refractivity (Wildman–Crippen MR) is 91.5 cm³/mol. The summed E-state index contributed by atoms with van der Waals surface area (Å²) in [6.07, 6.45) is 15.2. The van der Waals surface area contributed by atoms with Crippen molar-refractivity contribution in [3.63, 3.8) is 0 Å². The summed E-state index contributed by atoms with van der Waals surface area (Å²) >= 11 is 0. The van der Waals surface area contributed by atoms with Gasteiger partial charge in [-0.15, -0.1) is 6.58 Å². The van der Waals surface area contributed by atoms with Gasteiger partial charge in [0, 0.05) is 5.41 Å². The van der Waals surface area contributed by atoms with Gasteiger partial charge in [0.2, 0.25) is 0 Å². The van der Waals surface area contributed by atoms with E-state index >= 15 is 0 Å². The summed E-state index contributed by atoms with van der Waals surface area (Å²) in [4.78, 5) is 0. The van der Waals surface area contributed by atoms with Crippen LogP contribution in [0.2, 0.25) is 0 Å². The summed E-state index contributed by atoms with van der Waals surface area (Å²) < 4.78 is 0. The third-order valence-electron chi connectivity index (χ3n) is 9.13. The molecule has 4 saturated carbocycles. The summed E-state index contributed by atoms with van der Waals surface area (Å²) in [5.41, 5.74) is 0.193. The second kappa shape index (κ2) is 4.85. The van der Waals surface area contributed by atoms with Crippen LogP contribution in [0.5, 0.6) is 0 Å². The molecule has 0 saturated heterocycles. The minimum absolute atomic E-state index is 0.0911. The number of hydrogen-bond donors (Lipinski definition) is 1. The maximum atomic E-state index is 11.8. The van der Waals surface area contributed by atoms with E-state index in [9.17, 15) is 5.11 Å². The monoisotopic (exact) mass is 302 g/mol. The normalized spacial score (nSPS) is 57.6. The highest BCUT2D eigenvalue weighted by Crippen LogP contribution is 2.69. The topological polar surface area (TPSA) is 20.2 Å². The first-order valence-corrected chi connectivity index (χ1v) is 9.81. The predicted octanol–water partition coefficient (Wildman–Crippen LogP) is 5.34. The molecule has 4 fully saturated rings. The van der Waals surface area contributed by atoms with E-state index in [2.05, 4.69) is 26.5 Å². The largest absolute Gasteiger partial charge is 0.389 e. The van der Waals surface area contributed by atoms with Crippen LogP contribution in [-0.2, 0) is 0 Å². The van der Waals surface area contributed by atoms with Crippen molar-refractivity contribution in [1.82, 2.24) is 0 Å². The number of hydrogen-bond acceptors (Lipinski definition) is 1. The lowest BCUT2D eigenvalue weighted by Gasteiger charge is -2.63. The lowest BCUT2D eigenvalue weighted by molar-refractivity contribution is -0.203. The highest BCUT2D eigenvalue weighted by atomic mass is 16.3. The highest BCUT2D eigenvalue weighted by molar-refractivity contribution is 5.18. The summed E-state index contributed by atoms with van der Waals surface area (Å²) in [5, 5.41) is 11.8. The molecule has 0 unspecified atom stereocenters. The second-order valence-electron chi connectivity index (χ2n) is 9.50. The quantitative estimate of drug-likeness (QED) is 0.648. The van der Waals surface area contributed by atoms with Gasteiger partial charge >= 0.3 is 0 Å². The van der Waals surface area contributed by atoms with Crippen molar-refractivity contribution in [2.75, 3.05) is 0 Å². The number of aliphatic hydroxyl groups is 1. The van der Waals surface area contributed by atoms with E-state index < -0.39 is 5.60 Å². The molecular formula is C21H34O. The lowest BCUT2D eigenvalue weighted by Crippen LogP contribution is -2.61. The first-order valence-electron chi connectivity index (χ1n) is 9.81. The number of allylic oxidation sites excluding steroid dienone is 1. The molecular weight excluding hydrogens is 268 g/mol. The van der Waals surface area contributed by atoms with Crippen LogP contribution in [0.4, 0.5) is 0 Å². The van der Waals surface area contributed by atoms with Gasteiger partial charge in [-0.25, -0.2) is 0 Å². The molecule has 1 N–H and O–H groups in total. The van der Waals surface area contributed by atoms with Crippen LogP contribution in [0.3, 0.4) is 0 Å². The van der Waals surface area contributed by atoms with E-state index in [1.54, 1.807) is 0 Å². The molecule has 0 spiro atoms. The molecule has 0 aromatic rings. The van der Waals surface area contributed by atoms with Crippen LogP contribution >= 0.6 is 0 Å². The fourth-order valence-electron chi connectivity index (χ4n) is 7.68. The zero-order chi connectivity index (χ0) is 15.6. The Morgan fingerprint density at radius 1 is 0.909 bits per heavy atom. The Balaban J connectivity index is 1.70. The lowest BCUT2D eigenvalue weighted by atomic mass is 9.43. The van der Waals surface area contributed by atoms with Gasteiger partial charge in [-0.3, -0.25) is 0 Å². The Morgan fingerprint density at radius 2 is 1.73 bits per heavy atom. The standard InChI is InChI=1S/C21H34O/c1-4-15-10-14-21(22)18-9-8-16-7-5-6-12-19(16,2)17(18)11-13-20(15,21)3/h4,15-18,22H,1,5-14H2,2-3H3/t15-,16-,17-,18+,19-,20+,21-/m0/s1. The number of fused-ring (bicyclic) bond motifs is 5. The third kappa shape index (κ3) is 1.70. The van der Waals surface area contributed by atoms with E-state index in [0.29, 0.717) is 17.3 Å². The smallest absolute Gasteiger partial charge is 0.0737 e. The zero-order valence-electron chi connectivity index (χ0n) is 14.6. The number of rotatable bonds is 1. The molecule has 4 rings (SSSR count). The van der Waals surface area contributed by atoms with Crippen molar-refractivity contribution in [1.29, 1.82) is 0 Å². The van der Waals surface area contributed by atoms with E-state index in [1.165, 1.54) is 51.4 Å². The second-order valence-corrected chi connectivity index (χ2v) is 9.50. The summed E-state index contributed by atoms with van der Waals surface area (Å²) in [5.74, 6) is 2.78. The summed E-state index contributed by atoms with van der Waals surface area (Å²) in [6, 6.07) is 0. The van der Waals surface area contributed by atoms with E-state index in [-0.39, 0.29) is 5.41 Å². The molecule has 4 aliphatic rings. The molecule has 22 heavy (non-hydrogen) atoms. The van der Waals surface area contributed by atoms with Gasteiger partial charge in [-0.2, -0.15) is 0 Å². The minimum Gasteiger partial charge on any atom is -0.389 e. The summed E-state index contributed by atoms with van der Waals surface area (Å²) in [7, 11) is 0. The van der Waals surface area contributed by atoms with Crippen molar-refractivity contribution in [3.8, 4) is 0 Å². The molecule has 0 aromatic heterocycles. The van der Waals surface area contributed by atoms with Crippen molar-refractivity contribution in [2.24, 2.45) is 34.5 Å². The average Bonchev–Trinajstić information content (AvgIpc) is 2.78. The molecule has 0 aromatic carbocycles. The average molecular weight is 303 g/mol. The molecule has 0 amide bonds. The molecule has 0 aliphatic heterocycles. The molecule has 0 radical (unpaired) electrons. The molecule has 4 aliphatic carbocycles. The van der Waals surface area contributed by atoms with Crippen LogP contribution < -0.4 is 0 Å². The fraction of sp³-hybridized carbons (Fsp3) is 0.905. The van der Waals surface area contributed by atoms with Crippen LogP contribution in [-0.4, -0.2) is 10.7 Å². The van der Waals surface area contributed by atoms with Crippen molar-refractivity contribution in [2.45, 2.75) is 83.7 Å². The Labute approximate surface area is 136 Å². The third-order valence-corrected chi connectivity index (χ3v) is 9.13. The van der Waals surface area contributed by atoms with E-state index in [0.717, 1.165) is 24.7 Å². The molecule has 0 bridgehead atoms. The first-order chi connectivity index (χ1) is 10.5. The van der Waals surface area contributed by atoms with Gasteiger partial charge in [-0.05, 0) is 80.5 Å². The van der Waals surface area contributed by atoms with Gasteiger partial charge in [0.15, 0.2) is 0 Å². The van der Waals surface area contributed by atoms with Crippen LogP contribution in [0.1, 0.15) is 78.1 Å². The van der Waals surface area contributed by atoms with E-state index in [4.69, 9.17) is 0 Å². The summed E-state index contributed by atoms with van der Waals surface area (Å²) in [6.45, 7) is 9.04. The van der Waals surface area contributed by atoms with Crippen molar-refractivity contribution >= 4 is 0 Å². The zero-order valence-corrected chi connectivity index (χ0v) is 14.6. The Bertz CT molecular complexity index is 471. The van der Waals surface area contributed by atoms with Crippen LogP contribution in [0.15, 0.2) is 12.7 Å². The first kappa shape index (κ1) is 15.2. The maximum absolute atomic E-state index is 11.8. The van der Waals surface area contributed by atoms with Crippen LogP contribution in [0, 0.1) is 34.5 Å². The maximum Gasteiger partial charge on any atom is 0.0737 e. The van der Waals surface area contributed by atoms with Gasteiger partial charge in [0.05, 0.1) is 5.60 Å². The Morgan fingerprint density at radius 3 is 2.50 bits per heavy atom. The van der Waals surface area contributed by atoms with Gasteiger partial charge < -0.3 is 5.11 Å². The van der Waals surface area contributed by atoms with Gasteiger partial charge in [0.25, 0.3) is 0 Å². The highest BCUT2D eigenvalue weighted by Gasteiger charge is 2.66. The molecule has 1 heteroatoms. The minimum atomic E-state index is -0.416. The van der Waals surface area contributed by atoms with Crippen molar-refractivity contribution < 1.29 is 5.11 Å². The van der Waals surface area contributed by atoms with E-state index in [1.807, 2.05) is 0 Å². The Kier molecular flexibility index (Phi) is 3.36. The molecule has 7 atom stereocenters. The van der Waals surface area contributed by atoms with Gasteiger partial charge in [0.1, 0.15) is 0 Å². The van der Waals surface area contributed by atoms with Crippen molar-refractivity contribution in [3.05, 3.63) is 12.7 Å². The Hall–Kier alpha value is -0.300. The molecule has 124 valence electrons.